The minimum Gasteiger partial charge on any atom is -0.484 e. The number of nitrogens with zero attached hydrogens (tertiary/aromatic N) is 1. The van der Waals surface area contributed by atoms with Gasteiger partial charge in [-0.15, -0.1) is 11.3 Å². The number of hydrazine groups is 1. The Morgan fingerprint density at radius 2 is 2.12 bits per heavy atom. The zero-order valence-corrected chi connectivity index (χ0v) is 14.1. The van der Waals surface area contributed by atoms with Crippen molar-refractivity contribution in [2.45, 2.75) is 6.92 Å². The Hall–Kier alpha value is -3.13. The van der Waals surface area contributed by atoms with E-state index in [9.17, 15) is 9.59 Å². The first-order chi connectivity index (χ1) is 12.1. The molecule has 2 heterocycles. The van der Waals surface area contributed by atoms with Crippen LogP contribution in [0.5, 0.6) is 5.75 Å². The first-order valence-corrected chi connectivity index (χ1v) is 8.28. The molecule has 8 heteroatoms. The summed E-state index contributed by atoms with van der Waals surface area (Å²) in [5.74, 6) is 0.179. The van der Waals surface area contributed by atoms with Crippen LogP contribution < -0.4 is 15.6 Å². The molecule has 3 aromatic rings. The molecule has 0 spiro atoms. The lowest BCUT2D eigenvalue weighted by Gasteiger charge is -2.08. The molecular formula is C17H15N3O4S. The van der Waals surface area contributed by atoms with Crippen LogP contribution >= 0.6 is 11.3 Å². The van der Waals surface area contributed by atoms with E-state index in [2.05, 4.69) is 15.8 Å². The van der Waals surface area contributed by atoms with Crippen LogP contribution in [0.4, 0.5) is 0 Å². The third-order valence-electron chi connectivity index (χ3n) is 3.14. The van der Waals surface area contributed by atoms with Crippen molar-refractivity contribution in [1.82, 2.24) is 15.8 Å². The van der Waals surface area contributed by atoms with Crippen LogP contribution in [0.1, 0.15) is 16.1 Å². The van der Waals surface area contributed by atoms with E-state index in [1.165, 1.54) is 17.6 Å². The predicted octanol–water partition coefficient (Wildman–Crippen LogP) is 2.55. The lowest BCUT2D eigenvalue weighted by Crippen LogP contribution is -2.43. The van der Waals surface area contributed by atoms with Gasteiger partial charge in [0.25, 0.3) is 11.8 Å². The van der Waals surface area contributed by atoms with Crippen LogP contribution in [0.3, 0.4) is 0 Å². The Morgan fingerprint density at radius 1 is 1.24 bits per heavy atom. The van der Waals surface area contributed by atoms with Crippen molar-refractivity contribution in [2.75, 3.05) is 6.61 Å². The Bertz CT molecular complexity index is 874. The standard InChI is InChI=1S/C17H15N3O4S/c1-11-4-2-5-12(8-11)24-9-15(21)19-20-16(22)13-10-25-17(18-13)14-6-3-7-23-14/h2-8,10H,9H2,1H3,(H,19,21)(H,20,22). The van der Waals surface area contributed by atoms with Crippen molar-refractivity contribution >= 4 is 23.2 Å². The minimum absolute atomic E-state index is 0.191. The minimum atomic E-state index is -0.516. The summed E-state index contributed by atoms with van der Waals surface area (Å²) in [4.78, 5) is 27.9. The summed E-state index contributed by atoms with van der Waals surface area (Å²) in [6.45, 7) is 1.72. The summed E-state index contributed by atoms with van der Waals surface area (Å²) >= 11 is 1.28. The van der Waals surface area contributed by atoms with Crippen molar-refractivity contribution in [3.63, 3.8) is 0 Å². The highest BCUT2D eigenvalue weighted by Gasteiger charge is 2.14. The highest BCUT2D eigenvalue weighted by molar-refractivity contribution is 7.13. The molecule has 1 aromatic carbocycles. The summed E-state index contributed by atoms with van der Waals surface area (Å²) < 4.78 is 10.6. The molecule has 0 saturated carbocycles. The van der Waals surface area contributed by atoms with Crippen LogP contribution in [-0.4, -0.2) is 23.4 Å². The van der Waals surface area contributed by atoms with Crippen LogP contribution in [0.15, 0.2) is 52.5 Å². The number of furan rings is 1. The molecule has 128 valence electrons. The molecule has 0 unspecified atom stereocenters. The lowest BCUT2D eigenvalue weighted by molar-refractivity contribution is -0.123. The van der Waals surface area contributed by atoms with E-state index in [0.29, 0.717) is 16.5 Å². The second-order valence-electron chi connectivity index (χ2n) is 5.12. The zero-order chi connectivity index (χ0) is 17.6. The van der Waals surface area contributed by atoms with Crippen LogP contribution in [0.2, 0.25) is 0 Å². The van der Waals surface area contributed by atoms with Gasteiger partial charge in [0.1, 0.15) is 11.4 Å². The van der Waals surface area contributed by atoms with Gasteiger partial charge < -0.3 is 9.15 Å². The van der Waals surface area contributed by atoms with Gasteiger partial charge in [-0.25, -0.2) is 4.98 Å². The molecule has 2 N–H and O–H groups in total. The number of benzene rings is 1. The van der Waals surface area contributed by atoms with Gasteiger partial charge in [-0.3, -0.25) is 20.4 Å². The summed E-state index contributed by atoms with van der Waals surface area (Å²) in [6, 6.07) is 10.8. The molecule has 3 rings (SSSR count). The number of hydrogen-bond acceptors (Lipinski definition) is 6. The zero-order valence-electron chi connectivity index (χ0n) is 13.3. The molecule has 0 atom stereocenters. The van der Waals surface area contributed by atoms with Gasteiger partial charge in [0.05, 0.1) is 6.26 Å². The van der Waals surface area contributed by atoms with Gasteiger partial charge in [-0.05, 0) is 36.8 Å². The van der Waals surface area contributed by atoms with Gasteiger partial charge >= 0.3 is 0 Å². The maximum atomic E-state index is 12.0. The Labute approximate surface area is 147 Å². The van der Waals surface area contributed by atoms with Crippen molar-refractivity contribution in [1.29, 1.82) is 0 Å². The van der Waals surface area contributed by atoms with Gasteiger partial charge in [-0.2, -0.15) is 0 Å². The molecule has 25 heavy (non-hydrogen) atoms. The first-order valence-electron chi connectivity index (χ1n) is 7.40. The average molecular weight is 357 g/mol. The third kappa shape index (κ3) is 4.45. The smallest absolute Gasteiger partial charge is 0.289 e. The molecule has 0 bridgehead atoms. The maximum absolute atomic E-state index is 12.0. The number of thiazole rings is 1. The van der Waals surface area contributed by atoms with Gasteiger partial charge in [-0.1, -0.05) is 12.1 Å². The monoisotopic (exact) mass is 357 g/mol. The van der Waals surface area contributed by atoms with E-state index >= 15 is 0 Å². The highest BCUT2D eigenvalue weighted by atomic mass is 32.1. The van der Waals surface area contributed by atoms with Crippen molar-refractivity contribution in [2.24, 2.45) is 0 Å². The summed E-state index contributed by atoms with van der Waals surface area (Å²) in [5, 5.41) is 2.17. The number of carbonyl (C=O) groups is 2. The molecule has 0 aliphatic heterocycles. The van der Waals surface area contributed by atoms with E-state index in [4.69, 9.17) is 9.15 Å². The van der Waals surface area contributed by atoms with Crippen molar-refractivity contribution in [3.05, 3.63) is 59.3 Å². The fraction of sp³-hybridized carbons (Fsp3) is 0.118. The van der Waals surface area contributed by atoms with E-state index in [0.717, 1.165) is 5.56 Å². The summed E-state index contributed by atoms with van der Waals surface area (Å²) in [5.41, 5.74) is 5.81. The number of aryl methyl sites for hydroxylation is 1. The van der Waals surface area contributed by atoms with Gasteiger partial charge in [0.15, 0.2) is 17.4 Å². The number of aromatic nitrogens is 1. The SMILES string of the molecule is Cc1cccc(OCC(=O)NNC(=O)c2csc(-c3ccco3)n2)c1. The third-order valence-corrected chi connectivity index (χ3v) is 4.00. The number of ether oxygens (including phenoxy) is 1. The molecule has 0 aliphatic rings. The average Bonchev–Trinajstić information content (AvgIpc) is 3.28. The molecule has 0 radical (unpaired) electrons. The number of nitrogens with one attached hydrogen (secondary N) is 2. The van der Waals surface area contributed by atoms with E-state index < -0.39 is 11.8 Å². The number of amides is 2. The summed E-state index contributed by atoms with van der Waals surface area (Å²) in [6.07, 6.45) is 1.53. The highest BCUT2D eigenvalue weighted by Crippen LogP contribution is 2.23. The molecule has 2 amide bonds. The molecular weight excluding hydrogens is 342 g/mol. The second kappa shape index (κ2) is 7.63. The fourth-order valence-electron chi connectivity index (χ4n) is 1.97. The fourth-order valence-corrected chi connectivity index (χ4v) is 2.74. The van der Waals surface area contributed by atoms with Crippen LogP contribution in [0, 0.1) is 6.92 Å². The van der Waals surface area contributed by atoms with Crippen molar-refractivity contribution in [3.8, 4) is 16.5 Å². The Balaban J connectivity index is 1.48. The molecule has 7 nitrogen and oxygen atoms in total. The second-order valence-corrected chi connectivity index (χ2v) is 5.98. The van der Waals surface area contributed by atoms with Gasteiger partial charge in [0, 0.05) is 5.38 Å². The van der Waals surface area contributed by atoms with Crippen LogP contribution in [-0.2, 0) is 4.79 Å². The quantitative estimate of drug-likeness (QED) is 0.685. The number of carbonyl (C=O) groups excluding carboxylic acids is 2. The molecule has 0 aliphatic carbocycles. The molecule has 0 saturated heterocycles. The lowest BCUT2D eigenvalue weighted by atomic mass is 10.2. The number of hydrogen-bond donors (Lipinski definition) is 2. The van der Waals surface area contributed by atoms with E-state index in [1.807, 2.05) is 25.1 Å². The van der Waals surface area contributed by atoms with Crippen LogP contribution in [0.25, 0.3) is 10.8 Å². The first kappa shape index (κ1) is 16.7. The predicted molar refractivity (Wildman–Crippen MR) is 92.1 cm³/mol. The Morgan fingerprint density at radius 3 is 2.88 bits per heavy atom. The maximum Gasteiger partial charge on any atom is 0.289 e. The van der Waals surface area contributed by atoms with E-state index in [1.54, 1.807) is 23.6 Å². The number of rotatable bonds is 5. The normalized spacial score (nSPS) is 10.3. The van der Waals surface area contributed by atoms with Crippen molar-refractivity contribution < 1.29 is 18.7 Å². The summed E-state index contributed by atoms with van der Waals surface area (Å²) in [7, 11) is 0. The molecule has 2 aromatic heterocycles. The topological polar surface area (TPSA) is 93.5 Å². The van der Waals surface area contributed by atoms with E-state index in [-0.39, 0.29) is 12.3 Å². The largest absolute Gasteiger partial charge is 0.484 e. The Kier molecular flexibility index (Phi) is 5.10. The molecule has 0 fully saturated rings. The van der Waals surface area contributed by atoms with Gasteiger partial charge in [0.2, 0.25) is 0 Å².